The van der Waals surface area contributed by atoms with Crippen LogP contribution in [0.25, 0.3) is 11.1 Å². The molecule has 3 rings (SSSR count). The quantitative estimate of drug-likeness (QED) is 0.844. The van der Waals surface area contributed by atoms with Crippen molar-refractivity contribution in [3.63, 3.8) is 0 Å². The molecule has 3 heteroatoms. The maximum absolute atomic E-state index is 5.77. The number of rotatable bonds is 3. The Bertz CT molecular complexity index is 617. The Morgan fingerprint density at radius 3 is 2.76 bits per heavy atom. The lowest BCUT2D eigenvalue weighted by Gasteiger charge is -2.33. The largest absolute Gasteiger partial charge is 0.440 e. The maximum atomic E-state index is 5.77. The van der Waals surface area contributed by atoms with Crippen LogP contribution in [0.1, 0.15) is 58.8 Å². The highest BCUT2D eigenvalue weighted by molar-refractivity contribution is 5.77. The number of anilines is 1. The first-order valence-electron chi connectivity index (χ1n) is 8.20. The maximum Gasteiger partial charge on any atom is 0.198 e. The minimum absolute atomic E-state index is 0.327. The van der Waals surface area contributed by atoms with E-state index in [2.05, 4.69) is 50.1 Å². The molecule has 2 aromatic rings. The van der Waals surface area contributed by atoms with Gasteiger partial charge in [0.2, 0.25) is 0 Å². The lowest BCUT2D eigenvalue weighted by molar-refractivity contribution is 0.276. The fraction of sp³-hybridized carbons (Fsp3) is 0.611. The molecule has 1 heterocycles. The van der Waals surface area contributed by atoms with Crippen LogP contribution in [0.4, 0.5) is 5.69 Å². The highest BCUT2D eigenvalue weighted by Crippen LogP contribution is 2.31. The zero-order valence-corrected chi connectivity index (χ0v) is 13.5. The number of hydrogen-bond acceptors (Lipinski definition) is 3. The van der Waals surface area contributed by atoms with E-state index >= 15 is 0 Å². The molecular weight excluding hydrogens is 260 g/mol. The zero-order chi connectivity index (χ0) is 15.0. The molecule has 3 atom stereocenters. The molecular formula is C18H26N2O. The summed E-state index contributed by atoms with van der Waals surface area (Å²) in [4.78, 5) is 4.59. The van der Waals surface area contributed by atoms with Gasteiger partial charge in [-0.05, 0) is 49.3 Å². The molecule has 1 aliphatic rings. The summed E-state index contributed by atoms with van der Waals surface area (Å²) in [6, 6.07) is 6.85. The van der Waals surface area contributed by atoms with Crippen LogP contribution in [-0.2, 0) is 0 Å². The monoisotopic (exact) mass is 286 g/mol. The highest BCUT2D eigenvalue weighted by atomic mass is 16.3. The molecule has 3 nitrogen and oxygen atoms in total. The molecule has 1 aromatic heterocycles. The van der Waals surface area contributed by atoms with Gasteiger partial charge in [0, 0.05) is 17.6 Å². The van der Waals surface area contributed by atoms with Gasteiger partial charge in [0.05, 0.1) is 0 Å². The van der Waals surface area contributed by atoms with E-state index in [-0.39, 0.29) is 0 Å². The molecule has 0 aliphatic heterocycles. The summed E-state index contributed by atoms with van der Waals surface area (Å²) in [5.74, 6) is 2.74. The van der Waals surface area contributed by atoms with E-state index in [0.717, 1.165) is 34.5 Å². The molecule has 0 radical (unpaired) electrons. The van der Waals surface area contributed by atoms with Crippen LogP contribution in [0.3, 0.4) is 0 Å². The zero-order valence-electron chi connectivity index (χ0n) is 13.5. The van der Waals surface area contributed by atoms with Crippen molar-refractivity contribution in [3.05, 3.63) is 24.1 Å². The molecule has 0 saturated heterocycles. The van der Waals surface area contributed by atoms with Crippen molar-refractivity contribution < 1.29 is 4.42 Å². The molecule has 114 valence electrons. The summed E-state index contributed by atoms with van der Waals surface area (Å²) in [7, 11) is 0. The van der Waals surface area contributed by atoms with E-state index in [9.17, 15) is 0 Å². The normalized spacial score (nSPS) is 26.4. The van der Waals surface area contributed by atoms with E-state index in [0.29, 0.717) is 12.0 Å². The van der Waals surface area contributed by atoms with Crippen molar-refractivity contribution in [1.82, 2.24) is 4.98 Å². The predicted octanol–water partition coefficient (Wildman–Crippen LogP) is 5.19. The Balaban J connectivity index is 1.78. The van der Waals surface area contributed by atoms with Crippen molar-refractivity contribution >= 4 is 16.8 Å². The Morgan fingerprint density at radius 1 is 1.24 bits per heavy atom. The number of benzene rings is 1. The number of nitrogens with one attached hydrogen (secondary N) is 1. The van der Waals surface area contributed by atoms with Gasteiger partial charge in [-0.3, -0.25) is 0 Å². The Labute approximate surface area is 127 Å². The van der Waals surface area contributed by atoms with Crippen LogP contribution < -0.4 is 5.32 Å². The first-order chi connectivity index (χ1) is 10.0. The summed E-state index contributed by atoms with van der Waals surface area (Å²) in [6.07, 6.45) is 3.91. The average molecular weight is 286 g/mol. The SMILES string of the molecule is CC1CCC(Nc2ccc3oc(C(C)C)nc3c2)C(C)C1. The Morgan fingerprint density at radius 2 is 2.05 bits per heavy atom. The summed E-state index contributed by atoms with van der Waals surface area (Å²) >= 11 is 0. The lowest BCUT2D eigenvalue weighted by atomic mass is 9.80. The summed E-state index contributed by atoms with van der Waals surface area (Å²) in [6.45, 7) is 8.93. The van der Waals surface area contributed by atoms with Gasteiger partial charge >= 0.3 is 0 Å². The third-order valence-electron chi connectivity index (χ3n) is 4.68. The standard InChI is InChI=1S/C18H26N2O/c1-11(2)18-20-16-10-14(6-8-17(16)21-18)19-15-7-5-12(3)9-13(15)4/h6,8,10-13,15,19H,5,7,9H2,1-4H3. The van der Waals surface area contributed by atoms with E-state index in [1.807, 2.05) is 6.07 Å². The summed E-state index contributed by atoms with van der Waals surface area (Å²) < 4.78 is 5.77. The van der Waals surface area contributed by atoms with E-state index in [1.165, 1.54) is 19.3 Å². The van der Waals surface area contributed by atoms with Gasteiger partial charge in [0.1, 0.15) is 5.52 Å². The second kappa shape index (κ2) is 5.70. The average Bonchev–Trinajstić information content (AvgIpc) is 2.85. The minimum Gasteiger partial charge on any atom is -0.440 e. The molecule has 1 fully saturated rings. The first-order valence-corrected chi connectivity index (χ1v) is 8.20. The molecule has 1 N–H and O–H groups in total. The smallest absolute Gasteiger partial charge is 0.198 e. The molecule has 1 saturated carbocycles. The number of fused-ring (bicyclic) bond motifs is 1. The van der Waals surface area contributed by atoms with E-state index < -0.39 is 0 Å². The second-order valence-electron chi connectivity index (χ2n) is 7.04. The van der Waals surface area contributed by atoms with Crippen LogP contribution in [0.5, 0.6) is 0 Å². The topological polar surface area (TPSA) is 38.1 Å². The fourth-order valence-electron chi connectivity index (χ4n) is 3.38. The molecule has 3 unspecified atom stereocenters. The van der Waals surface area contributed by atoms with Crippen LogP contribution in [-0.4, -0.2) is 11.0 Å². The third-order valence-corrected chi connectivity index (χ3v) is 4.68. The van der Waals surface area contributed by atoms with Crippen molar-refractivity contribution in [3.8, 4) is 0 Å². The third kappa shape index (κ3) is 3.07. The van der Waals surface area contributed by atoms with Crippen LogP contribution in [0.2, 0.25) is 0 Å². The van der Waals surface area contributed by atoms with Gasteiger partial charge in [0.15, 0.2) is 11.5 Å². The summed E-state index contributed by atoms with van der Waals surface area (Å²) in [5, 5.41) is 3.70. The van der Waals surface area contributed by atoms with Gasteiger partial charge < -0.3 is 9.73 Å². The fourth-order valence-corrected chi connectivity index (χ4v) is 3.38. The Kier molecular flexibility index (Phi) is 3.92. The van der Waals surface area contributed by atoms with Crippen LogP contribution in [0, 0.1) is 11.8 Å². The summed E-state index contributed by atoms with van der Waals surface area (Å²) in [5.41, 5.74) is 3.01. The van der Waals surface area contributed by atoms with Crippen molar-refractivity contribution in [2.45, 2.75) is 58.9 Å². The predicted molar refractivity (Wildman–Crippen MR) is 87.7 cm³/mol. The van der Waals surface area contributed by atoms with Gasteiger partial charge in [-0.25, -0.2) is 4.98 Å². The molecule has 1 aliphatic carbocycles. The molecule has 1 aromatic carbocycles. The van der Waals surface area contributed by atoms with Crippen molar-refractivity contribution in [2.24, 2.45) is 11.8 Å². The minimum atomic E-state index is 0.327. The number of hydrogen-bond donors (Lipinski definition) is 1. The molecule has 0 bridgehead atoms. The van der Waals surface area contributed by atoms with E-state index in [1.54, 1.807) is 0 Å². The van der Waals surface area contributed by atoms with Gasteiger partial charge in [-0.15, -0.1) is 0 Å². The molecule has 0 spiro atoms. The van der Waals surface area contributed by atoms with Crippen LogP contribution >= 0.6 is 0 Å². The number of aromatic nitrogens is 1. The van der Waals surface area contributed by atoms with Crippen molar-refractivity contribution in [1.29, 1.82) is 0 Å². The van der Waals surface area contributed by atoms with Crippen LogP contribution in [0.15, 0.2) is 22.6 Å². The highest BCUT2D eigenvalue weighted by Gasteiger charge is 2.25. The Hall–Kier alpha value is -1.51. The number of oxazole rings is 1. The molecule has 0 amide bonds. The van der Waals surface area contributed by atoms with Gasteiger partial charge in [-0.2, -0.15) is 0 Å². The van der Waals surface area contributed by atoms with Gasteiger partial charge in [0.25, 0.3) is 0 Å². The second-order valence-corrected chi connectivity index (χ2v) is 7.04. The van der Waals surface area contributed by atoms with E-state index in [4.69, 9.17) is 4.42 Å². The van der Waals surface area contributed by atoms with Crippen molar-refractivity contribution in [2.75, 3.05) is 5.32 Å². The molecule has 21 heavy (non-hydrogen) atoms. The lowest BCUT2D eigenvalue weighted by Crippen LogP contribution is -2.32. The number of nitrogens with zero attached hydrogens (tertiary/aromatic N) is 1. The van der Waals surface area contributed by atoms with Gasteiger partial charge in [-0.1, -0.05) is 27.7 Å². The first kappa shape index (κ1) is 14.4.